The van der Waals surface area contributed by atoms with Crippen LogP contribution in [0.2, 0.25) is 0 Å². The molecule has 2 heteroatoms. The molecule has 0 aromatic heterocycles. The van der Waals surface area contributed by atoms with Crippen molar-refractivity contribution < 1.29 is 5.11 Å². The van der Waals surface area contributed by atoms with Gasteiger partial charge in [0.05, 0.1) is 6.10 Å². The fourth-order valence-electron chi connectivity index (χ4n) is 2.79. The third-order valence-electron chi connectivity index (χ3n) is 4.45. The molecule has 1 atom stereocenters. The average molecular weight is 241 g/mol. The lowest BCUT2D eigenvalue weighted by Crippen LogP contribution is -2.37. The molecule has 1 unspecified atom stereocenters. The Hall–Kier alpha value is -0.0800. The van der Waals surface area contributed by atoms with Crippen molar-refractivity contribution in [2.75, 3.05) is 13.6 Å². The first-order valence-corrected chi connectivity index (χ1v) is 7.33. The number of rotatable bonds is 6. The van der Waals surface area contributed by atoms with Gasteiger partial charge in [0.1, 0.15) is 0 Å². The molecule has 102 valence electrons. The molecule has 1 aliphatic rings. The maximum absolute atomic E-state index is 9.53. The highest BCUT2D eigenvalue weighted by molar-refractivity contribution is 4.82. The number of nitrogens with zero attached hydrogens (tertiary/aromatic N) is 1. The molecular formula is C15H31NO. The van der Waals surface area contributed by atoms with E-state index >= 15 is 0 Å². The first kappa shape index (κ1) is 15.0. The second-order valence-electron chi connectivity index (χ2n) is 6.58. The van der Waals surface area contributed by atoms with Gasteiger partial charge in [-0.2, -0.15) is 0 Å². The van der Waals surface area contributed by atoms with Gasteiger partial charge in [-0.1, -0.05) is 20.8 Å². The summed E-state index contributed by atoms with van der Waals surface area (Å²) in [5, 5.41) is 9.53. The zero-order chi connectivity index (χ0) is 12.9. The molecule has 0 bridgehead atoms. The Balaban J connectivity index is 2.18. The highest BCUT2D eigenvalue weighted by Gasteiger charge is 2.28. The van der Waals surface area contributed by atoms with Gasteiger partial charge >= 0.3 is 0 Å². The fourth-order valence-corrected chi connectivity index (χ4v) is 2.79. The summed E-state index contributed by atoms with van der Waals surface area (Å²) in [6.07, 6.45) is 8.30. The molecule has 1 aliphatic carbocycles. The second-order valence-corrected chi connectivity index (χ2v) is 6.58. The maximum Gasteiger partial charge on any atom is 0.0538 e. The van der Waals surface area contributed by atoms with Gasteiger partial charge in [-0.25, -0.2) is 0 Å². The van der Waals surface area contributed by atoms with Crippen molar-refractivity contribution in [1.82, 2.24) is 4.90 Å². The monoisotopic (exact) mass is 241 g/mol. The molecule has 0 saturated heterocycles. The minimum absolute atomic E-state index is 0.0892. The highest BCUT2D eigenvalue weighted by atomic mass is 16.3. The van der Waals surface area contributed by atoms with E-state index in [0.717, 1.165) is 31.8 Å². The Labute approximate surface area is 107 Å². The van der Waals surface area contributed by atoms with Crippen LogP contribution in [0.25, 0.3) is 0 Å². The van der Waals surface area contributed by atoms with Crippen molar-refractivity contribution in [2.24, 2.45) is 5.41 Å². The van der Waals surface area contributed by atoms with E-state index < -0.39 is 0 Å². The van der Waals surface area contributed by atoms with Gasteiger partial charge in [-0.05, 0) is 64.0 Å². The van der Waals surface area contributed by atoms with Gasteiger partial charge in [-0.15, -0.1) is 0 Å². The van der Waals surface area contributed by atoms with Gasteiger partial charge in [0.2, 0.25) is 0 Å². The maximum atomic E-state index is 9.53. The molecule has 2 nitrogen and oxygen atoms in total. The summed E-state index contributed by atoms with van der Waals surface area (Å²) in [7, 11) is 2.25. The van der Waals surface area contributed by atoms with Crippen molar-refractivity contribution in [2.45, 2.75) is 77.9 Å². The number of aliphatic hydroxyl groups is 1. The molecule has 0 spiro atoms. The highest BCUT2D eigenvalue weighted by Crippen LogP contribution is 2.36. The summed E-state index contributed by atoms with van der Waals surface area (Å²) in [5.74, 6) is 0. The van der Waals surface area contributed by atoms with Crippen LogP contribution in [-0.2, 0) is 0 Å². The Morgan fingerprint density at radius 2 is 1.88 bits per heavy atom. The zero-order valence-corrected chi connectivity index (χ0v) is 12.2. The van der Waals surface area contributed by atoms with Crippen molar-refractivity contribution in [3.8, 4) is 0 Å². The SMILES string of the molecule is CCC(O)CCCN(C)C1CCC(C)(C)CC1. The van der Waals surface area contributed by atoms with Crippen LogP contribution in [0.15, 0.2) is 0 Å². The van der Waals surface area contributed by atoms with Crippen molar-refractivity contribution in [3.63, 3.8) is 0 Å². The van der Waals surface area contributed by atoms with E-state index in [4.69, 9.17) is 0 Å². The Kier molecular flexibility index (Phi) is 5.94. The molecule has 0 amide bonds. The molecule has 1 rings (SSSR count). The number of hydrogen-bond acceptors (Lipinski definition) is 2. The van der Waals surface area contributed by atoms with Crippen molar-refractivity contribution in [3.05, 3.63) is 0 Å². The first-order chi connectivity index (χ1) is 7.94. The normalized spacial score (nSPS) is 22.9. The minimum Gasteiger partial charge on any atom is -0.393 e. The molecule has 17 heavy (non-hydrogen) atoms. The van der Waals surface area contributed by atoms with Crippen LogP contribution in [0.5, 0.6) is 0 Å². The van der Waals surface area contributed by atoms with Crippen LogP contribution < -0.4 is 0 Å². The summed E-state index contributed by atoms with van der Waals surface area (Å²) >= 11 is 0. The molecule has 0 aliphatic heterocycles. The lowest BCUT2D eigenvalue weighted by molar-refractivity contribution is 0.115. The summed E-state index contributed by atoms with van der Waals surface area (Å²) in [4.78, 5) is 2.51. The second kappa shape index (κ2) is 6.75. The van der Waals surface area contributed by atoms with E-state index in [1.165, 1.54) is 25.7 Å². The van der Waals surface area contributed by atoms with Crippen LogP contribution in [0.4, 0.5) is 0 Å². The Morgan fingerprint density at radius 1 is 1.29 bits per heavy atom. The molecule has 1 fully saturated rings. The van der Waals surface area contributed by atoms with E-state index in [1.807, 2.05) is 0 Å². The summed E-state index contributed by atoms with van der Waals surface area (Å²) < 4.78 is 0. The average Bonchev–Trinajstić information content (AvgIpc) is 2.28. The van der Waals surface area contributed by atoms with E-state index in [1.54, 1.807) is 0 Å². The van der Waals surface area contributed by atoms with Crippen LogP contribution in [0, 0.1) is 5.41 Å². The molecule has 0 aromatic rings. The van der Waals surface area contributed by atoms with Crippen LogP contribution in [0.3, 0.4) is 0 Å². The van der Waals surface area contributed by atoms with Gasteiger partial charge in [-0.3, -0.25) is 0 Å². The predicted molar refractivity (Wildman–Crippen MR) is 74.2 cm³/mol. The third-order valence-corrected chi connectivity index (χ3v) is 4.45. The van der Waals surface area contributed by atoms with E-state index in [-0.39, 0.29) is 6.10 Å². The molecule has 0 aromatic carbocycles. The molecular weight excluding hydrogens is 210 g/mol. The lowest BCUT2D eigenvalue weighted by atomic mass is 9.75. The molecule has 1 saturated carbocycles. The van der Waals surface area contributed by atoms with Crippen LogP contribution >= 0.6 is 0 Å². The molecule has 0 radical (unpaired) electrons. The van der Waals surface area contributed by atoms with Gasteiger partial charge in [0.15, 0.2) is 0 Å². The summed E-state index contributed by atoms with van der Waals surface area (Å²) in [5.41, 5.74) is 0.565. The zero-order valence-electron chi connectivity index (χ0n) is 12.2. The van der Waals surface area contributed by atoms with Crippen molar-refractivity contribution in [1.29, 1.82) is 0 Å². The van der Waals surface area contributed by atoms with E-state index in [2.05, 4.69) is 32.7 Å². The fraction of sp³-hybridized carbons (Fsp3) is 1.00. The number of aliphatic hydroxyl groups excluding tert-OH is 1. The van der Waals surface area contributed by atoms with Gasteiger partial charge < -0.3 is 10.0 Å². The predicted octanol–water partition coefficient (Wildman–Crippen LogP) is 3.44. The van der Waals surface area contributed by atoms with Crippen LogP contribution in [-0.4, -0.2) is 35.7 Å². The Morgan fingerprint density at radius 3 is 2.41 bits per heavy atom. The summed E-state index contributed by atoms with van der Waals surface area (Å²) in [6.45, 7) is 7.97. The lowest BCUT2D eigenvalue weighted by Gasteiger charge is -2.38. The first-order valence-electron chi connectivity index (χ1n) is 7.33. The topological polar surface area (TPSA) is 23.5 Å². The quantitative estimate of drug-likeness (QED) is 0.770. The Bertz CT molecular complexity index is 205. The van der Waals surface area contributed by atoms with Crippen molar-refractivity contribution >= 4 is 0 Å². The van der Waals surface area contributed by atoms with E-state index in [9.17, 15) is 5.11 Å². The molecule has 0 heterocycles. The smallest absolute Gasteiger partial charge is 0.0538 e. The van der Waals surface area contributed by atoms with E-state index in [0.29, 0.717) is 5.41 Å². The van der Waals surface area contributed by atoms with Gasteiger partial charge in [0.25, 0.3) is 0 Å². The minimum atomic E-state index is -0.0892. The standard InChI is InChI=1S/C15H31NO/c1-5-14(17)7-6-12-16(4)13-8-10-15(2,3)11-9-13/h13-14,17H,5-12H2,1-4H3. The third kappa shape index (κ3) is 5.39. The van der Waals surface area contributed by atoms with Crippen LogP contribution in [0.1, 0.15) is 65.7 Å². The molecule has 1 N–H and O–H groups in total. The largest absolute Gasteiger partial charge is 0.393 e. The van der Waals surface area contributed by atoms with Gasteiger partial charge in [0, 0.05) is 6.04 Å². The summed E-state index contributed by atoms with van der Waals surface area (Å²) in [6, 6.07) is 0.779. The number of hydrogen-bond donors (Lipinski definition) is 1.